The molecule has 2 aromatic carbocycles. The summed E-state index contributed by atoms with van der Waals surface area (Å²) >= 11 is 0. The Morgan fingerprint density at radius 1 is 1.12 bits per heavy atom. The minimum Gasteiger partial charge on any atom is -0.495 e. The third-order valence-electron chi connectivity index (χ3n) is 3.28. The van der Waals surface area contributed by atoms with E-state index in [1.54, 1.807) is 0 Å². The minimum absolute atomic E-state index is 0.0208. The average molecular weight is 368 g/mol. The van der Waals surface area contributed by atoms with Crippen molar-refractivity contribution in [3.63, 3.8) is 0 Å². The highest BCUT2D eigenvalue weighted by atomic mass is 19.4. The van der Waals surface area contributed by atoms with Gasteiger partial charge in [0, 0.05) is 5.69 Å². The summed E-state index contributed by atoms with van der Waals surface area (Å²) in [4.78, 5) is 23.0. The number of carbonyl (C=O) groups is 2. The van der Waals surface area contributed by atoms with Gasteiger partial charge in [-0.05, 0) is 35.9 Å². The monoisotopic (exact) mass is 368 g/mol. The molecule has 0 aromatic heterocycles. The van der Waals surface area contributed by atoms with E-state index in [9.17, 15) is 22.8 Å². The lowest BCUT2D eigenvalue weighted by atomic mass is 10.1. The molecule has 9 heteroatoms. The molecule has 0 fully saturated rings. The number of methoxy groups -OCH3 is 1. The first-order chi connectivity index (χ1) is 12.2. The van der Waals surface area contributed by atoms with Gasteiger partial charge in [0.05, 0.1) is 24.8 Å². The van der Waals surface area contributed by atoms with Crippen molar-refractivity contribution < 1.29 is 32.6 Å². The molecule has 0 aliphatic heterocycles. The lowest BCUT2D eigenvalue weighted by Gasteiger charge is -2.14. The number of halogens is 3. The van der Waals surface area contributed by atoms with Crippen LogP contribution in [0, 0.1) is 0 Å². The van der Waals surface area contributed by atoms with Crippen LogP contribution in [-0.4, -0.2) is 30.4 Å². The highest BCUT2D eigenvalue weighted by Gasteiger charge is 2.28. The van der Waals surface area contributed by atoms with E-state index in [1.165, 1.54) is 49.6 Å². The number of anilines is 2. The highest BCUT2D eigenvalue weighted by Crippen LogP contribution is 2.29. The van der Waals surface area contributed by atoms with Gasteiger partial charge in [-0.15, -0.1) is 0 Å². The smallest absolute Gasteiger partial charge is 0.393 e. The molecule has 0 spiro atoms. The second-order valence-electron chi connectivity index (χ2n) is 5.29. The zero-order valence-corrected chi connectivity index (χ0v) is 13.6. The van der Waals surface area contributed by atoms with E-state index in [4.69, 9.17) is 9.84 Å². The van der Waals surface area contributed by atoms with Gasteiger partial charge in [-0.3, -0.25) is 0 Å². The number of hydrogen-bond acceptors (Lipinski definition) is 3. The molecule has 0 saturated carbocycles. The molecule has 3 N–H and O–H groups in total. The number of rotatable bonds is 5. The fourth-order valence-corrected chi connectivity index (χ4v) is 2.21. The highest BCUT2D eigenvalue weighted by molar-refractivity contribution is 6.01. The Hall–Kier alpha value is -3.23. The summed E-state index contributed by atoms with van der Waals surface area (Å²) < 4.78 is 42.6. The zero-order valence-electron chi connectivity index (χ0n) is 13.6. The normalized spacial score (nSPS) is 10.9. The van der Waals surface area contributed by atoms with E-state index in [0.717, 1.165) is 0 Å². The third kappa shape index (κ3) is 5.40. The predicted octanol–water partition coefficient (Wildman–Crippen LogP) is 4.14. The molecule has 0 bridgehead atoms. The van der Waals surface area contributed by atoms with Crippen molar-refractivity contribution in [1.29, 1.82) is 0 Å². The maximum atomic E-state index is 12.5. The molecule has 0 atom stereocenters. The van der Waals surface area contributed by atoms with Crippen molar-refractivity contribution in [2.24, 2.45) is 0 Å². The number of alkyl halides is 3. The summed E-state index contributed by atoms with van der Waals surface area (Å²) in [6.45, 7) is 0. The van der Waals surface area contributed by atoms with Crippen molar-refractivity contribution in [3.8, 4) is 5.75 Å². The average Bonchev–Trinajstić information content (AvgIpc) is 2.53. The van der Waals surface area contributed by atoms with Crippen molar-refractivity contribution >= 4 is 23.4 Å². The number of amides is 2. The number of carboxylic acids is 1. The fourth-order valence-electron chi connectivity index (χ4n) is 2.21. The number of benzene rings is 2. The van der Waals surface area contributed by atoms with E-state index in [-0.39, 0.29) is 28.3 Å². The van der Waals surface area contributed by atoms with Gasteiger partial charge in [0.25, 0.3) is 0 Å². The maximum Gasteiger partial charge on any atom is 0.393 e. The SMILES string of the molecule is COc1ccc(CC(F)(F)F)cc1NC(=O)Nc1cccc(C(=O)O)c1. The van der Waals surface area contributed by atoms with Gasteiger partial charge in [0.2, 0.25) is 0 Å². The van der Waals surface area contributed by atoms with Crippen LogP contribution in [0.5, 0.6) is 5.75 Å². The number of nitrogens with one attached hydrogen (secondary N) is 2. The van der Waals surface area contributed by atoms with Gasteiger partial charge in [0.15, 0.2) is 0 Å². The largest absolute Gasteiger partial charge is 0.495 e. The molecule has 2 amide bonds. The van der Waals surface area contributed by atoms with Crippen molar-refractivity contribution in [3.05, 3.63) is 53.6 Å². The Balaban J connectivity index is 2.16. The molecule has 26 heavy (non-hydrogen) atoms. The first-order valence-electron chi connectivity index (χ1n) is 7.33. The molecule has 2 rings (SSSR count). The van der Waals surface area contributed by atoms with Gasteiger partial charge in [0.1, 0.15) is 5.75 Å². The summed E-state index contributed by atoms with van der Waals surface area (Å²) in [5.41, 5.74) is 0.211. The second kappa shape index (κ2) is 7.77. The minimum atomic E-state index is -4.38. The molecule has 0 radical (unpaired) electrons. The van der Waals surface area contributed by atoms with Gasteiger partial charge < -0.3 is 20.5 Å². The van der Waals surface area contributed by atoms with Crippen molar-refractivity contribution in [2.75, 3.05) is 17.7 Å². The lowest BCUT2D eigenvalue weighted by Crippen LogP contribution is -2.20. The Morgan fingerprint density at radius 2 is 1.85 bits per heavy atom. The number of ether oxygens (including phenoxy) is 1. The van der Waals surface area contributed by atoms with Gasteiger partial charge in [-0.1, -0.05) is 12.1 Å². The zero-order chi connectivity index (χ0) is 19.3. The lowest BCUT2D eigenvalue weighted by molar-refractivity contribution is -0.127. The first kappa shape index (κ1) is 19.1. The molecular formula is C17H15F3N2O4. The van der Waals surface area contributed by atoms with Crippen LogP contribution in [-0.2, 0) is 6.42 Å². The van der Waals surface area contributed by atoms with Crippen molar-refractivity contribution in [1.82, 2.24) is 0 Å². The summed E-state index contributed by atoms with van der Waals surface area (Å²) in [6.07, 6.45) is -5.53. The summed E-state index contributed by atoms with van der Waals surface area (Å²) in [7, 11) is 1.32. The Labute approximate surface area is 146 Å². The third-order valence-corrected chi connectivity index (χ3v) is 3.28. The topological polar surface area (TPSA) is 87.7 Å². The molecule has 138 valence electrons. The molecule has 2 aromatic rings. The van der Waals surface area contributed by atoms with Gasteiger partial charge in [-0.25, -0.2) is 9.59 Å². The number of hydrogen-bond donors (Lipinski definition) is 3. The Morgan fingerprint density at radius 3 is 2.46 bits per heavy atom. The number of carboxylic acid groups (broad SMARTS) is 1. The van der Waals surface area contributed by atoms with E-state index >= 15 is 0 Å². The summed E-state index contributed by atoms with van der Waals surface area (Å²) in [5, 5.41) is 13.7. The molecule has 0 unspecified atom stereocenters. The van der Waals surface area contributed by atoms with E-state index in [1.807, 2.05) is 0 Å². The number of aromatic carboxylic acids is 1. The van der Waals surface area contributed by atoms with E-state index < -0.39 is 24.6 Å². The quantitative estimate of drug-likeness (QED) is 0.740. The first-order valence-corrected chi connectivity index (χ1v) is 7.33. The van der Waals surface area contributed by atoms with Crippen LogP contribution >= 0.6 is 0 Å². The van der Waals surface area contributed by atoms with Crippen LogP contribution in [0.2, 0.25) is 0 Å². The number of carbonyl (C=O) groups excluding carboxylic acids is 1. The van der Waals surface area contributed by atoms with E-state index in [0.29, 0.717) is 0 Å². The molecule has 0 heterocycles. The van der Waals surface area contributed by atoms with Crippen LogP contribution < -0.4 is 15.4 Å². The van der Waals surface area contributed by atoms with Gasteiger partial charge in [-0.2, -0.15) is 13.2 Å². The Bertz CT molecular complexity index is 822. The van der Waals surface area contributed by atoms with Crippen LogP contribution in [0.1, 0.15) is 15.9 Å². The molecule has 6 nitrogen and oxygen atoms in total. The second-order valence-corrected chi connectivity index (χ2v) is 5.29. The summed E-state index contributed by atoms with van der Waals surface area (Å²) in [5.74, 6) is -0.971. The molecule has 0 aliphatic rings. The number of urea groups is 1. The predicted molar refractivity (Wildman–Crippen MR) is 88.8 cm³/mol. The van der Waals surface area contributed by atoms with Crippen LogP contribution in [0.15, 0.2) is 42.5 Å². The van der Waals surface area contributed by atoms with E-state index in [2.05, 4.69) is 10.6 Å². The molecule has 0 aliphatic carbocycles. The summed E-state index contributed by atoms with van der Waals surface area (Å²) in [6, 6.07) is 8.52. The van der Waals surface area contributed by atoms with Crippen LogP contribution in [0.25, 0.3) is 0 Å². The molecular weight excluding hydrogens is 353 g/mol. The Kier molecular flexibility index (Phi) is 5.71. The van der Waals surface area contributed by atoms with Crippen molar-refractivity contribution in [2.45, 2.75) is 12.6 Å². The maximum absolute atomic E-state index is 12.5. The standard InChI is InChI=1S/C17H15F3N2O4/c1-26-14-6-5-10(9-17(18,19)20)7-13(14)22-16(25)21-12-4-2-3-11(8-12)15(23)24/h2-8H,9H2,1H3,(H,23,24)(H2,21,22,25). The van der Waals surface area contributed by atoms with Crippen LogP contribution in [0.3, 0.4) is 0 Å². The van der Waals surface area contributed by atoms with Crippen LogP contribution in [0.4, 0.5) is 29.3 Å². The fraction of sp³-hybridized carbons (Fsp3) is 0.176. The molecule has 0 saturated heterocycles. The van der Waals surface area contributed by atoms with Gasteiger partial charge >= 0.3 is 18.2 Å².